The molecule has 0 heterocycles. The summed E-state index contributed by atoms with van der Waals surface area (Å²) in [5.41, 5.74) is 2.82. The summed E-state index contributed by atoms with van der Waals surface area (Å²) in [4.78, 5) is 24.0. The molecule has 232 valence electrons. The molecule has 3 N–H and O–H groups in total. The number of carbonyl (C=O) groups is 2. The maximum Gasteiger partial charge on any atom is 0.335 e. The lowest BCUT2D eigenvalue weighted by Gasteiger charge is -2.69. The Balaban J connectivity index is 1.21. The first-order valence-electron chi connectivity index (χ1n) is 17.2. The van der Waals surface area contributed by atoms with E-state index in [4.69, 9.17) is 0 Å². The molecule has 0 saturated heterocycles. The summed E-state index contributed by atoms with van der Waals surface area (Å²) in [6.45, 7) is 15.0. The maximum atomic E-state index is 12.6. The van der Waals surface area contributed by atoms with E-state index in [1.807, 2.05) is 13.8 Å². The lowest BCUT2D eigenvalue weighted by Crippen LogP contribution is -2.64. The van der Waals surface area contributed by atoms with Crippen molar-refractivity contribution >= 4 is 11.9 Å². The number of carboxylic acids is 1. The van der Waals surface area contributed by atoms with Gasteiger partial charge in [-0.15, -0.1) is 0 Å². The number of nitrogens with one attached hydrogen (secondary N) is 2. The zero-order chi connectivity index (χ0) is 30.1. The number of rotatable bonds is 6. The molecule has 1 aromatic rings. The summed E-state index contributed by atoms with van der Waals surface area (Å²) in [6.07, 6.45) is 14.3. The lowest BCUT2D eigenvalue weighted by atomic mass is 9.35. The van der Waals surface area contributed by atoms with Crippen molar-refractivity contribution in [2.45, 2.75) is 130 Å². The third-order valence-corrected chi connectivity index (χ3v) is 14.2. The molecule has 5 heteroatoms. The van der Waals surface area contributed by atoms with Crippen LogP contribution in [0.25, 0.3) is 0 Å². The smallest absolute Gasteiger partial charge is 0.335 e. The molecule has 0 spiro atoms. The first-order valence-corrected chi connectivity index (χ1v) is 17.2. The molecule has 42 heavy (non-hydrogen) atoms. The van der Waals surface area contributed by atoms with E-state index in [0.29, 0.717) is 40.7 Å². The van der Waals surface area contributed by atoms with Gasteiger partial charge in [-0.1, -0.05) is 46.2 Å². The maximum absolute atomic E-state index is 12.6. The minimum absolute atomic E-state index is 0.144. The highest BCUT2D eigenvalue weighted by Gasteiger charge is 2.66. The Labute approximate surface area is 254 Å². The van der Waals surface area contributed by atoms with Crippen molar-refractivity contribution in [1.29, 1.82) is 0 Å². The molecule has 1 aromatic carbocycles. The molecule has 9 atom stereocenters. The first kappa shape index (κ1) is 30.2. The number of benzene rings is 1. The SMILES string of the molecule is CC(C)NC(=O)CN[C@]12CCCC1[C@H]1CCC3[C@@](C)(CCC4C(C)(C)[C@@H](c5ccc(C(=O)O)cc5)CC[C@@]43C)C1CC2. The van der Waals surface area contributed by atoms with Crippen LogP contribution in [-0.2, 0) is 4.79 Å². The average molecular weight is 577 g/mol. The van der Waals surface area contributed by atoms with E-state index in [0.717, 1.165) is 17.8 Å². The molecule has 0 aliphatic heterocycles. The van der Waals surface area contributed by atoms with Crippen LogP contribution in [0.2, 0.25) is 0 Å². The molecule has 4 unspecified atom stereocenters. The van der Waals surface area contributed by atoms with Crippen molar-refractivity contribution in [1.82, 2.24) is 10.6 Å². The van der Waals surface area contributed by atoms with E-state index in [9.17, 15) is 14.7 Å². The normalized spacial score (nSPS) is 42.2. The Bertz CT molecular complexity index is 1190. The number of hydrogen-bond acceptors (Lipinski definition) is 3. The van der Waals surface area contributed by atoms with E-state index in [1.165, 1.54) is 76.2 Å². The molecular formula is C37H56N2O3. The third-order valence-electron chi connectivity index (χ3n) is 14.2. The Hall–Kier alpha value is -1.88. The highest BCUT2D eigenvalue weighted by molar-refractivity contribution is 5.87. The second kappa shape index (κ2) is 10.6. The van der Waals surface area contributed by atoms with Gasteiger partial charge in [-0.05, 0) is 148 Å². The Morgan fingerprint density at radius 1 is 0.833 bits per heavy atom. The zero-order valence-corrected chi connectivity index (χ0v) is 27.1. The molecule has 5 saturated carbocycles. The molecule has 0 bridgehead atoms. The van der Waals surface area contributed by atoms with E-state index >= 15 is 0 Å². The quantitative estimate of drug-likeness (QED) is 0.323. The Morgan fingerprint density at radius 2 is 1.55 bits per heavy atom. The van der Waals surface area contributed by atoms with Crippen LogP contribution in [0.5, 0.6) is 0 Å². The van der Waals surface area contributed by atoms with Gasteiger partial charge in [0.15, 0.2) is 0 Å². The molecule has 0 aromatic heterocycles. The fraction of sp³-hybridized carbons (Fsp3) is 0.784. The summed E-state index contributed by atoms with van der Waals surface area (Å²) in [5, 5.41) is 16.4. The number of hydrogen-bond donors (Lipinski definition) is 3. The summed E-state index contributed by atoms with van der Waals surface area (Å²) in [7, 11) is 0. The van der Waals surface area contributed by atoms with Gasteiger partial charge in [-0.25, -0.2) is 4.79 Å². The van der Waals surface area contributed by atoms with Crippen molar-refractivity contribution < 1.29 is 14.7 Å². The van der Waals surface area contributed by atoms with Gasteiger partial charge in [0.1, 0.15) is 0 Å². The molecule has 5 aliphatic rings. The summed E-state index contributed by atoms with van der Waals surface area (Å²) in [6, 6.07) is 7.98. The summed E-state index contributed by atoms with van der Waals surface area (Å²) in [5.74, 6) is 3.56. The topological polar surface area (TPSA) is 78.4 Å². The molecular weight excluding hydrogens is 520 g/mol. The highest BCUT2D eigenvalue weighted by Crippen LogP contribution is 2.73. The highest BCUT2D eigenvalue weighted by atomic mass is 16.4. The predicted molar refractivity (Wildman–Crippen MR) is 168 cm³/mol. The van der Waals surface area contributed by atoms with Gasteiger partial charge in [0.2, 0.25) is 5.91 Å². The van der Waals surface area contributed by atoms with Crippen LogP contribution >= 0.6 is 0 Å². The molecule has 1 amide bonds. The molecule has 5 nitrogen and oxygen atoms in total. The number of amides is 1. The van der Waals surface area contributed by atoms with Crippen molar-refractivity contribution in [2.24, 2.45) is 45.8 Å². The average Bonchev–Trinajstić information content (AvgIpc) is 3.36. The van der Waals surface area contributed by atoms with Gasteiger partial charge >= 0.3 is 5.97 Å². The van der Waals surface area contributed by atoms with Crippen LogP contribution in [0.15, 0.2) is 24.3 Å². The minimum Gasteiger partial charge on any atom is -0.478 e. The Kier molecular flexibility index (Phi) is 7.63. The van der Waals surface area contributed by atoms with Crippen LogP contribution in [-0.4, -0.2) is 35.1 Å². The van der Waals surface area contributed by atoms with Crippen LogP contribution < -0.4 is 10.6 Å². The van der Waals surface area contributed by atoms with Crippen molar-refractivity contribution in [3.63, 3.8) is 0 Å². The molecule has 6 rings (SSSR count). The fourth-order valence-corrected chi connectivity index (χ4v) is 12.6. The van der Waals surface area contributed by atoms with Crippen LogP contribution in [0.1, 0.15) is 134 Å². The van der Waals surface area contributed by atoms with Gasteiger partial charge in [-0.2, -0.15) is 0 Å². The standard InChI is InChI=1S/C37H56N2O3/c1-23(2)39-32(40)22-38-37-18-7-8-29(37)26-13-14-31-35(5,28(26)16-21-37)20-17-30-34(3,4)27(15-19-36(30,31)6)24-9-11-25(12-10-24)33(41)42/h9-12,23,26-31,38H,7-8,13-22H2,1-6H3,(H,39,40)(H,41,42)/t26-,27+,28?,29?,30?,31?,35-,36-,37-/m0/s1. The second-order valence-corrected chi connectivity index (χ2v) is 16.6. The number of carbonyl (C=O) groups excluding carboxylic acids is 1. The molecule has 5 fully saturated rings. The van der Waals surface area contributed by atoms with Crippen molar-refractivity contribution in [2.75, 3.05) is 6.54 Å². The summed E-state index contributed by atoms with van der Waals surface area (Å²) < 4.78 is 0. The van der Waals surface area contributed by atoms with E-state index < -0.39 is 5.97 Å². The Morgan fingerprint density at radius 3 is 2.24 bits per heavy atom. The van der Waals surface area contributed by atoms with Crippen LogP contribution in [0.3, 0.4) is 0 Å². The second-order valence-electron chi connectivity index (χ2n) is 16.6. The van der Waals surface area contributed by atoms with Crippen LogP contribution in [0.4, 0.5) is 0 Å². The lowest BCUT2D eigenvalue weighted by molar-refractivity contribution is -0.195. The van der Waals surface area contributed by atoms with Gasteiger partial charge in [0, 0.05) is 11.6 Å². The van der Waals surface area contributed by atoms with E-state index in [2.05, 4.69) is 50.5 Å². The van der Waals surface area contributed by atoms with Gasteiger partial charge in [0.05, 0.1) is 12.1 Å². The minimum atomic E-state index is -0.843. The zero-order valence-electron chi connectivity index (χ0n) is 27.1. The summed E-state index contributed by atoms with van der Waals surface area (Å²) >= 11 is 0. The number of carboxylic acid groups (broad SMARTS) is 1. The first-order chi connectivity index (χ1) is 19.8. The number of aromatic carboxylic acids is 1. The largest absolute Gasteiger partial charge is 0.478 e. The molecule has 0 radical (unpaired) electrons. The van der Waals surface area contributed by atoms with Gasteiger partial charge in [0.25, 0.3) is 0 Å². The van der Waals surface area contributed by atoms with Gasteiger partial charge in [-0.3, -0.25) is 4.79 Å². The fourth-order valence-electron chi connectivity index (χ4n) is 12.6. The van der Waals surface area contributed by atoms with Crippen molar-refractivity contribution in [3.05, 3.63) is 35.4 Å². The van der Waals surface area contributed by atoms with E-state index in [-0.39, 0.29) is 22.9 Å². The third kappa shape index (κ3) is 4.66. The monoisotopic (exact) mass is 576 g/mol. The van der Waals surface area contributed by atoms with Crippen molar-refractivity contribution in [3.8, 4) is 0 Å². The van der Waals surface area contributed by atoms with E-state index in [1.54, 1.807) is 12.1 Å². The van der Waals surface area contributed by atoms with Crippen LogP contribution in [0, 0.1) is 45.8 Å². The molecule has 5 aliphatic carbocycles. The van der Waals surface area contributed by atoms with Gasteiger partial charge < -0.3 is 15.7 Å². The number of fused-ring (bicyclic) bond motifs is 7. The predicted octanol–water partition coefficient (Wildman–Crippen LogP) is 7.80.